The number of carbonyl (C=O) groups is 1. The first-order chi connectivity index (χ1) is 6.88. The smallest absolute Gasteiger partial charge is 0.227 e. The number of hydrogen-bond acceptors (Lipinski definition) is 3. The lowest BCUT2D eigenvalue weighted by molar-refractivity contribution is -0.134. The average Bonchev–Trinajstić information content (AvgIpc) is 2.59. The second kappa shape index (κ2) is 6.30. The zero-order valence-corrected chi connectivity index (χ0v) is 9.81. The van der Waals surface area contributed by atoms with Gasteiger partial charge < -0.3 is 15.5 Å². The molecule has 2 aliphatic heterocycles. The molecule has 0 aliphatic carbocycles. The minimum absolute atomic E-state index is 0. The first-order valence-corrected chi connectivity index (χ1v) is 5.58. The molecule has 2 N–H and O–H groups in total. The number of nitrogens with one attached hydrogen (secondary N) is 2. The fraction of sp³-hybridized carbons (Fsp3) is 0.900. The van der Waals surface area contributed by atoms with Gasteiger partial charge in [0.25, 0.3) is 0 Å². The third-order valence-electron chi connectivity index (χ3n) is 3.06. The van der Waals surface area contributed by atoms with Crippen LogP contribution in [0.3, 0.4) is 0 Å². The van der Waals surface area contributed by atoms with Gasteiger partial charge in [-0.15, -0.1) is 12.4 Å². The quantitative estimate of drug-likeness (QED) is 0.662. The van der Waals surface area contributed by atoms with Crippen molar-refractivity contribution in [2.45, 2.75) is 12.8 Å². The Labute approximate surface area is 97.2 Å². The molecule has 0 aromatic heterocycles. The highest BCUT2D eigenvalue weighted by molar-refractivity contribution is 5.85. The van der Waals surface area contributed by atoms with E-state index in [0.717, 1.165) is 52.1 Å². The lowest BCUT2D eigenvalue weighted by Crippen LogP contribution is -2.39. The van der Waals surface area contributed by atoms with Crippen molar-refractivity contribution in [2.24, 2.45) is 5.92 Å². The van der Waals surface area contributed by atoms with Gasteiger partial charge in [0, 0.05) is 26.2 Å². The molecule has 4 nitrogen and oxygen atoms in total. The molecule has 2 saturated heterocycles. The highest BCUT2D eigenvalue weighted by Gasteiger charge is 2.27. The van der Waals surface area contributed by atoms with Crippen molar-refractivity contribution in [1.29, 1.82) is 0 Å². The molecule has 88 valence electrons. The summed E-state index contributed by atoms with van der Waals surface area (Å²) in [6.07, 6.45) is 2.11. The highest BCUT2D eigenvalue weighted by Crippen LogP contribution is 2.12. The Morgan fingerprint density at radius 3 is 2.73 bits per heavy atom. The summed E-state index contributed by atoms with van der Waals surface area (Å²) in [7, 11) is 0. The standard InChI is InChI=1S/C10H19N3O.ClH/c14-10(9-2-4-12-8-9)13-6-1-3-11-5-7-13;/h9,11-12H,1-8H2;1H/t9-;/m0./s1. The molecule has 0 bridgehead atoms. The molecule has 1 amide bonds. The van der Waals surface area contributed by atoms with Gasteiger partial charge in [0.15, 0.2) is 0 Å². The summed E-state index contributed by atoms with van der Waals surface area (Å²) in [5.41, 5.74) is 0. The van der Waals surface area contributed by atoms with Crippen molar-refractivity contribution in [3.8, 4) is 0 Å². The van der Waals surface area contributed by atoms with E-state index in [9.17, 15) is 4.79 Å². The largest absolute Gasteiger partial charge is 0.341 e. The maximum absolute atomic E-state index is 12.0. The normalized spacial score (nSPS) is 26.9. The molecule has 5 heteroatoms. The molecule has 2 aliphatic rings. The first-order valence-electron chi connectivity index (χ1n) is 5.58. The van der Waals surface area contributed by atoms with Crippen LogP contribution in [0, 0.1) is 5.92 Å². The van der Waals surface area contributed by atoms with Crippen LogP contribution in [0.4, 0.5) is 0 Å². The van der Waals surface area contributed by atoms with Crippen LogP contribution in [-0.4, -0.2) is 50.1 Å². The Morgan fingerprint density at radius 2 is 2.00 bits per heavy atom. The van der Waals surface area contributed by atoms with Gasteiger partial charge in [-0.05, 0) is 25.9 Å². The number of rotatable bonds is 1. The number of halogens is 1. The summed E-state index contributed by atoms with van der Waals surface area (Å²) in [6.45, 7) is 5.70. The monoisotopic (exact) mass is 233 g/mol. The van der Waals surface area contributed by atoms with Crippen molar-refractivity contribution in [3.63, 3.8) is 0 Å². The van der Waals surface area contributed by atoms with E-state index in [1.807, 2.05) is 4.90 Å². The minimum Gasteiger partial charge on any atom is -0.341 e. The zero-order valence-electron chi connectivity index (χ0n) is 9.00. The molecule has 0 spiro atoms. The fourth-order valence-corrected chi connectivity index (χ4v) is 2.19. The topological polar surface area (TPSA) is 44.4 Å². The van der Waals surface area contributed by atoms with Crippen molar-refractivity contribution < 1.29 is 4.79 Å². The predicted molar refractivity (Wildman–Crippen MR) is 62.3 cm³/mol. The van der Waals surface area contributed by atoms with Crippen LogP contribution in [-0.2, 0) is 4.79 Å². The Morgan fingerprint density at radius 1 is 1.13 bits per heavy atom. The van der Waals surface area contributed by atoms with Gasteiger partial charge in [0.2, 0.25) is 5.91 Å². The SMILES string of the molecule is Cl.O=C([C@H]1CCNC1)N1CCCNCC1. The van der Waals surface area contributed by atoms with Crippen LogP contribution in [0.2, 0.25) is 0 Å². The van der Waals surface area contributed by atoms with E-state index in [1.165, 1.54) is 0 Å². The number of hydrogen-bond donors (Lipinski definition) is 2. The Kier molecular flexibility index (Phi) is 5.36. The minimum atomic E-state index is 0. The summed E-state index contributed by atoms with van der Waals surface area (Å²) in [4.78, 5) is 14.0. The molecule has 15 heavy (non-hydrogen) atoms. The van der Waals surface area contributed by atoms with E-state index < -0.39 is 0 Å². The molecule has 1 atom stereocenters. The Balaban J connectivity index is 0.00000112. The first kappa shape index (κ1) is 12.7. The number of carbonyl (C=O) groups excluding carboxylic acids is 1. The van der Waals surface area contributed by atoms with E-state index in [0.29, 0.717) is 5.91 Å². The Bertz CT molecular complexity index is 199. The molecule has 0 radical (unpaired) electrons. The van der Waals surface area contributed by atoms with Crippen LogP contribution in [0.15, 0.2) is 0 Å². The van der Waals surface area contributed by atoms with E-state index in [2.05, 4.69) is 10.6 Å². The third-order valence-corrected chi connectivity index (χ3v) is 3.06. The lowest BCUT2D eigenvalue weighted by atomic mass is 10.1. The lowest BCUT2D eigenvalue weighted by Gasteiger charge is -2.23. The molecule has 2 rings (SSSR count). The molecule has 2 fully saturated rings. The van der Waals surface area contributed by atoms with Gasteiger partial charge in [-0.25, -0.2) is 0 Å². The van der Waals surface area contributed by atoms with Crippen molar-refractivity contribution in [2.75, 3.05) is 39.3 Å². The fourth-order valence-electron chi connectivity index (χ4n) is 2.19. The highest BCUT2D eigenvalue weighted by atomic mass is 35.5. The van der Waals surface area contributed by atoms with E-state index in [-0.39, 0.29) is 18.3 Å². The zero-order chi connectivity index (χ0) is 9.80. The van der Waals surface area contributed by atoms with Crippen molar-refractivity contribution >= 4 is 18.3 Å². The van der Waals surface area contributed by atoms with Gasteiger partial charge in [-0.2, -0.15) is 0 Å². The molecule has 2 heterocycles. The van der Waals surface area contributed by atoms with Gasteiger partial charge in [0.05, 0.1) is 5.92 Å². The van der Waals surface area contributed by atoms with Crippen LogP contribution in [0.5, 0.6) is 0 Å². The van der Waals surface area contributed by atoms with Crippen molar-refractivity contribution in [1.82, 2.24) is 15.5 Å². The van der Waals surface area contributed by atoms with Crippen LogP contribution < -0.4 is 10.6 Å². The molecule has 0 aromatic rings. The summed E-state index contributed by atoms with van der Waals surface area (Å²) in [5.74, 6) is 0.604. The van der Waals surface area contributed by atoms with Crippen LogP contribution in [0.1, 0.15) is 12.8 Å². The molecule has 0 saturated carbocycles. The average molecular weight is 234 g/mol. The molecular formula is C10H20ClN3O. The van der Waals surface area contributed by atoms with Gasteiger partial charge in [-0.1, -0.05) is 0 Å². The summed E-state index contributed by atoms with van der Waals surface area (Å²) in [5, 5.41) is 6.56. The van der Waals surface area contributed by atoms with Gasteiger partial charge in [-0.3, -0.25) is 4.79 Å². The summed E-state index contributed by atoms with van der Waals surface area (Å²) in [6, 6.07) is 0. The molecular weight excluding hydrogens is 214 g/mol. The van der Waals surface area contributed by atoms with E-state index in [1.54, 1.807) is 0 Å². The van der Waals surface area contributed by atoms with Crippen LogP contribution >= 0.6 is 12.4 Å². The molecule has 0 unspecified atom stereocenters. The summed E-state index contributed by atoms with van der Waals surface area (Å²) < 4.78 is 0. The van der Waals surface area contributed by atoms with Gasteiger partial charge >= 0.3 is 0 Å². The maximum atomic E-state index is 12.0. The predicted octanol–water partition coefficient (Wildman–Crippen LogP) is -0.160. The Hall–Kier alpha value is -0.320. The summed E-state index contributed by atoms with van der Waals surface area (Å²) >= 11 is 0. The van der Waals surface area contributed by atoms with E-state index >= 15 is 0 Å². The third kappa shape index (κ3) is 3.33. The second-order valence-electron chi connectivity index (χ2n) is 4.12. The maximum Gasteiger partial charge on any atom is 0.227 e. The molecule has 0 aromatic carbocycles. The number of nitrogens with zero attached hydrogens (tertiary/aromatic N) is 1. The van der Waals surface area contributed by atoms with Crippen LogP contribution in [0.25, 0.3) is 0 Å². The second-order valence-corrected chi connectivity index (χ2v) is 4.12. The van der Waals surface area contributed by atoms with E-state index in [4.69, 9.17) is 0 Å². The number of amides is 1. The van der Waals surface area contributed by atoms with Gasteiger partial charge in [0.1, 0.15) is 0 Å². The van der Waals surface area contributed by atoms with Crippen molar-refractivity contribution in [3.05, 3.63) is 0 Å².